The van der Waals surface area contributed by atoms with E-state index in [-0.39, 0.29) is 0 Å². The quantitative estimate of drug-likeness (QED) is 0.504. The molecule has 0 aromatic rings. The average molecular weight is 330 g/mol. The third-order valence-corrected chi connectivity index (χ3v) is 5.02. The van der Waals surface area contributed by atoms with Crippen molar-refractivity contribution in [3.05, 3.63) is 22.6 Å². The third-order valence-electron chi connectivity index (χ3n) is 3.78. The van der Waals surface area contributed by atoms with Crippen LogP contribution in [0.1, 0.15) is 20.3 Å². The summed E-state index contributed by atoms with van der Waals surface area (Å²) in [4.78, 5) is 6.99. The molecule has 0 aromatic heterocycles. The summed E-state index contributed by atoms with van der Waals surface area (Å²) < 4.78 is 6.13. The molecule has 0 aromatic carbocycles. The zero-order chi connectivity index (χ0) is 11.4. The van der Waals surface area contributed by atoms with Gasteiger partial charge in [-0.15, -0.1) is 0 Å². The topological polar surface area (TPSA) is 24.8 Å². The van der Waals surface area contributed by atoms with Crippen molar-refractivity contribution in [3.8, 4) is 0 Å². The summed E-state index contributed by atoms with van der Waals surface area (Å²) in [6.45, 7) is 5.16. The van der Waals surface area contributed by atoms with Crippen LogP contribution in [0.5, 0.6) is 0 Å². The molecule has 2 aliphatic heterocycles. The van der Waals surface area contributed by atoms with Gasteiger partial charge in [-0.3, -0.25) is 0 Å². The van der Waals surface area contributed by atoms with E-state index in [2.05, 4.69) is 48.4 Å². The molecule has 1 unspecified atom stereocenters. The Bertz CT molecular complexity index is 450. The van der Waals surface area contributed by atoms with Crippen molar-refractivity contribution in [1.82, 2.24) is 4.90 Å². The molecule has 0 spiro atoms. The molecular weight excluding hydrogens is 315 g/mol. The minimum absolute atomic E-state index is 0.388. The Balaban J connectivity index is 2.11. The first kappa shape index (κ1) is 10.6. The van der Waals surface area contributed by atoms with Crippen LogP contribution in [-0.4, -0.2) is 34.4 Å². The second-order valence-corrected chi connectivity index (χ2v) is 5.80. The molecule has 0 N–H and O–H groups in total. The molecule has 3 aliphatic rings. The maximum absolute atomic E-state index is 5.74. The van der Waals surface area contributed by atoms with E-state index in [0.717, 1.165) is 18.9 Å². The molecule has 4 heteroatoms. The van der Waals surface area contributed by atoms with Crippen molar-refractivity contribution in [2.24, 2.45) is 4.99 Å². The van der Waals surface area contributed by atoms with Gasteiger partial charge in [-0.1, -0.05) is 22.6 Å². The number of ether oxygens (including phenoxy) is 1. The predicted molar refractivity (Wildman–Crippen MR) is 72.8 cm³/mol. The Labute approximate surface area is 109 Å². The Morgan fingerprint density at radius 3 is 3.00 bits per heavy atom. The summed E-state index contributed by atoms with van der Waals surface area (Å²) in [6.07, 6.45) is 1.03. The fraction of sp³-hybridized carbons (Fsp3) is 0.583. The molecule has 1 aliphatic carbocycles. The van der Waals surface area contributed by atoms with Crippen molar-refractivity contribution >= 4 is 28.4 Å². The minimum Gasteiger partial charge on any atom is -0.496 e. The zero-order valence-corrected chi connectivity index (χ0v) is 11.9. The highest BCUT2D eigenvalue weighted by atomic mass is 127. The van der Waals surface area contributed by atoms with Crippen LogP contribution in [0.25, 0.3) is 0 Å². The van der Waals surface area contributed by atoms with E-state index >= 15 is 0 Å². The van der Waals surface area contributed by atoms with Crippen LogP contribution in [-0.2, 0) is 4.74 Å². The molecule has 0 fully saturated rings. The number of likely N-dealkylation sites (N-methyl/N-ethyl adjacent to an activating group) is 1. The molecule has 16 heavy (non-hydrogen) atoms. The van der Waals surface area contributed by atoms with Crippen LogP contribution in [0.15, 0.2) is 27.6 Å². The highest BCUT2D eigenvalue weighted by Crippen LogP contribution is 2.46. The molecule has 0 bridgehead atoms. The molecule has 2 heterocycles. The second kappa shape index (κ2) is 3.48. The first-order valence-corrected chi connectivity index (χ1v) is 6.88. The Morgan fingerprint density at radius 1 is 1.50 bits per heavy atom. The third kappa shape index (κ3) is 1.22. The Hall–Kier alpha value is -0.520. The van der Waals surface area contributed by atoms with Gasteiger partial charge in [0.05, 0.1) is 22.3 Å². The molecule has 2 atom stereocenters. The van der Waals surface area contributed by atoms with E-state index in [1.165, 1.54) is 22.6 Å². The van der Waals surface area contributed by atoms with Gasteiger partial charge in [0.1, 0.15) is 11.6 Å². The van der Waals surface area contributed by atoms with E-state index in [9.17, 15) is 0 Å². The Morgan fingerprint density at radius 2 is 2.25 bits per heavy atom. The van der Waals surface area contributed by atoms with E-state index < -0.39 is 0 Å². The molecule has 0 amide bonds. The van der Waals surface area contributed by atoms with E-state index in [1.54, 1.807) is 0 Å². The number of rotatable bonds is 0. The van der Waals surface area contributed by atoms with Gasteiger partial charge in [-0.05, 0) is 19.4 Å². The predicted octanol–water partition coefficient (Wildman–Crippen LogP) is 2.48. The van der Waals surface area contributed by atoms with Gasteiger partial charge in [-0.25, -0.2) is 4.99 Å². The number of halogens is 1. The lowest BCUT2D eigenvalue weighted by Gasteiger charge is -2.33. The van der Waals surface area contributed by atoms with Crippen molar-refractivity contribution in [2.75, 3.05) is 13.7 Å². The first-order valence-electron chi connectivity index (χ1n) is 5.63. The number of hydrogen-bond acceptors (Lipinski definition) is 3. The largest absolute Gasteiger partial charge is 0.496 e. The van der Waals surface area contributed by atoms with E-state index in [4.69, 9.17) is 9.73 Å². The van der Waals surface area contributed by atoms with Crippen LogP contribution in [0, 0.1) is 0 Å². The summed E-state index contributed by atoms with van der Waals surface area (Å²) in [5.74, 6) is 2.28. The van der Waals surface area contributed by atoms with Crippen LogP contribution >= 0.6 is 22.6 Å². The standard InChI is InChI=1S/C12H15IN2O/c1-6-9-10(13)12-8(4-5-16-12)11(9)14-7(2)15(6)3/h6,10H,4-5H2,1-3H3/t6-,10?/m0/s1. The van der Waals surface area contributed by atoms with Crippen molar-refractivity contribution < 1.29 is 4.74 Å². The maximum Gasteiger partial charge on any atom is 0.119 e. The normalized spacial score (nSPS) is 32.8. The SMILES string of the molecule is CC1=NC2=C(C(I)C3=C2CCO3)[C@H](C)N1C. The fourth-order valence-electron chi connectivity index (χ4n) is 2.64. The fourth-order valence-corrected chi connectivity index (χ4v) is 4.01. The minimum atomic E-state index is 0.388. The number of alkyl halides is 1. The van der Waals surface area contributed by atoms with Crippen LogP contribution in [0.4, 0.5) is 0 Å². The average Bonchev–Trinajstić information content (AvgIpc) is 2.80. The van der Waals surface area contributed by atoms with Gasteiger partial charge in [0.2, 0.25) is 0 Å². The number of hydrogen-bond donors (Lipinski definition) is 0. The highest BCUT2D eigenvalue weighted by molar-refractivity contribution is 14.1. The van der Waals surface area contributed by atoms with Gasteiger partial charge >= 0.3 is 0 Å². The first-order chi connectivity index (χ1) is 7.61. The summed E-state index contributed by atoms with van der Waals surface area (Å²) in [7, 11) is 2.11. The molecule has 0 saturated carbocycles. The number of fused-ring (bicyclic) bond motifs is 1. The zero-order valence-electron chi connectivity index (χ0n) is 9.75. The van der Waals surface area contributed by atoms with Gasteiger partial charge in [0, 0.05) is 19.0 Å². The van der Waals surface area contributed by atoms with Crippen LogP contribution < -0.4 is 0 Å². The monoisotopic (exact) mass is 330 g/mol. The smallest absolute Gasteiger partial charge is 0.119 e. The summed E-state index contributed by atoms with van der Waals surface area (Å²) in [6, 6.07) is 0.434. The lowest BCUT2D eigenvalue weighted by atomic mass is 10.0. The van der Waals surface area contributed by atoms with Crippen molar-refractivity contribution in [1.29, 1.82) is 0 Å². The number of allylic oxidation sites excluding steroid dienone is 2. The molecule has 0 saturated heterocycles. The molecular formula is C12H15IN2O. The lowest BCUT2D eigenvalue weighted by molar-refractivity contribution is 0.240. The maximum atomic E-state index is 5.74. The van der Waals surface area contributed by atoms with Gasteiger partial charge in [0.25, 0.3) is 0 Å². The van der Waals surface area contributed by atoms with Crippen molar-refractivity contribution in [3.63, 3.8) is 0 Å². The number of aliphatic imine (C=N–C) groups is 1. The molecule has 3 rings (SSSR count). The highest BCUT2D eigenvalue weighted by Gasteiger charge is 2.41. The van der Waals surface area contributed by atoms with Crippen LogP contribution in [0.2, 0.25) is 0 Å². The van der Waals surface area contributed by atoms with Gasteiger partial charge < -0.3 is 9.64 Å². The summed E-state index contributed by atoms with van der Waals surface area (Å²) >= 11 is 2.48. The summed E-state index contributed by atoms with van der Waals surface area (Å²) in [5.41, 5.74) is 4.00. The lowest BCUT2D eigenvalue weighted by Crippen LogP contribution is -2.39. The van der Waals surface area contributed by atoms with E-state index in [1.807, 2.05) is 0 Å². The number of nitrogens with zero attached hydrogens (tertiary/aromatic N) is 2. The van der Waals surface area contributed by atoms with Crippen molar-refractivity contribution in [2.45, 2.75) is 30.2 Å². The van der Waals surface area contributed by atoms with E-state index in [0.29, 0.717) is 9.97 Å². The summed E-state index contributed by atoms with van der Waals surface area (Å²) in [5, 5.41) is 0. The van der Waals surface area contributed by atoms with Gasteiger partial charge in [0.15, 0.2) is 0 Å². The van der Waals surface area contributed by atoms with Crippen LogP contribution in [0.3, 0.4) is 0 Å². The van der Waals surface area contributed by atoms with Gasteiger partial charge in [-0.2, -0.15) is 0 Å². The molecule has 3 nitrogen and oxygen atoms in total. The number of amidine groups is 1. The Kier molecular flexibility index (Phi) is 2.31. The molecule has 0 radical (unpaired) electrons. The molecule has 86 valence electrons. The second-order valence-electron chi connectivity index (χ2n) is 4.55.